The Bertz CT molecular complexity index is 591. The van der Waals surface area contributed by atoms with Crippen LogP contribution in [0, 0.1) is 13.8 Å². The Hall–Kier alpha value is -1.33. The number of hydrogen-bond donors (Lipinski definition) is 1. The summed E-state index contributed by atoms with van der Waals surface area (Å²) >= 11 is 7.32. The van der Waals surface area contributed by atoms with E-state index in [1.807, 2.05) is 13.8 Å². The number of nitrogens with one attached hydrogen (secondary N) is 1. The van der Waals surface area contributed by atoms with Gasteiger partial charge in [0.05, 0.1) is 16.9 Å². The van der Waals surface area contributed by atoms with Crippen LogP contribution in [0.25, 0.3) is 0 Å². The van der Waals surface area contributed by atoms with Gasteiger partial charge < -0.3 is 9.73 Å². The van der Waals surface area contributed by atoms with Crippen LogP contribution >= 0.6 is 22.9 Å². The van der Waals surface area contributed by atoms with Crippen LogP contribution in [0.3, 0.4) is 0 Å². The maximum absolute atomic E-state index is 12.1. The molecule has 2 aromatic rings. The lowest BCUT2D eigenvalue weighted by atomic mass is 10.2. The highest BCUT2D eigenvalue weighted by Crippen LogP contribution is 2.21. The first-order chi connectivity index (χ1) is 9.01. The fraction of sp³-hybridized carbons (Fsp3) is 0.385. The van der Waals surface area contributed by atoms with Crippen LogP contribution in [0.15, 0.2) is 16.7 Å². The zero-order valence-electron chi connectivity index (χ0n) is 11.0. The summed E-state index contributed by atoms with van der Waals surface area (Å²) in [4.78, 5) is 17.2. The molecule has 2 heterocycles. The van der Waals surface area contributed by atoms with Gasteiger partial charge in [-0.2, -0.15) is 0 Å². The van der Waals surface area contributed by atoms with Crippen LogP contribution in [0.4, 0.5) is 0 Å². The lowest BCUT2D eigenvalue weighted by Gasteiger charge is -2.09. The van der Waals surface area contributed by atoms with Crippen molar-refractivity contribution in [2.24, 2.45) is 0 Å². The van der Waals surface area contributed by atoms with Crippen molar-refractivity contribution >= 4 is 28.8 Å². The van der Waals surface area contributed by atoms with Gasteiger partial charge in [-0.25, -0.2) is 4.98 Å². The normalized spacial score (nSPS) is 12.4. The predicted octanol–water partition coefficient (Wildman–Crippen LogP) is 3.58. The van der Waals surface area contributed by atoms with Gasteiger partial charge in [0, 0.05) is 16.6 Å². The van der Waals surface area contributed by atoms with Crippen molar-refractivity contribution in [1.29, 1.82) is 0 Å². The zero-order valence-corrected chi connectivity index (χ0v) is 12.6. The maximum Gasteiger partial charge on any atom is 0.287 e. The molecule has 1 amide bonds. The molecule has 0 aliphatic carbocycles. The van der Waals surface area contributed by atoms with E-state index < -0.39 is 0 Å². The number of alkyl halides is 1. The van der Waals surface area contributed by atoms with Crippen LogP contribution < -0.4 is 5.32 Å². The van der Waals surface area contributed by atoms with Crippen molar-refractivity contribution in [3.05, 3.63) is 39.2 Å². The first-order valence-corrected chi connectivity index (χ1v) is 7.24. The van der Waals surface area contributed by atoms with Crippen LogP contribution in [0.5, 0.6) is 0 Å². The van der Waals surface area contributed by atoms with E-state index >= 15 is 0 Å². The van der Waals surface area contributed by atoms with Crippen LogP contribution in [-0.2, 0) is 5.88 Å². The van der Waals surface area contributed by atoms with Crippen molar-refractivity contribution in [2.45, 2.75) is 32.7 Å². The molecule has 0 spiro atoms. The van der Waals surface area contributed by atoms with Gasteiger partial charge in [-0.1, -0.05) is 0 Å². The third-order valence-electron chi connectivity index (χ3n) is 2.80. The van der Waals surface area contributed by atoms with Gasteiger partial charge in [-0.3, -0.25) is 4.79 Å². The summed E-state index contributed by atoms with van der Waals surface area (Å²) in [5.41, 5.74) is 0.841. The number of carbonyl (C=O) groups excluding carboxylic acids is 1. The molecular weight excluding hydrogens is 284 g/mol. The van der Waals surface area contributed by atoms with Gasteiger partial charge in [0.15, 0.2) is 5.76 Å². The fourth-order valence-electron chi connectivity index (χ4n) is 1.68. The number of thiazole rings is 1. The minimum Gasteiger partial charge on any atom is -0.456 e. The molecule has 0 bridgehead atoms. The molecule has 1 N–H and O–H groups in total. The van der Waals surface area contributed by atoms with Gasteiger partial charge >= 0.3 is 0 Å². The smallest absolute Gasteiger partial charge is 0.287 e. The maximum atomic E-state index is 12.1. The Balaban J connectivity index is 2.08. The summed E-state index contributed by atoms with van der Waals surface area (Å²) < 4.78 is 5.40. The Morgan fingerprint density at radius 1 is 1.58 bits per heavy atom. The number of furan rings is 1. The highest BCUT2D eigenvalue weighted by atomic mass is 35.5. The summed E-state index contributed by atoms with van der Waals surface area (Å²) in [5, 5.41) is 3.87. The second-order valence-electron chi connectivity index (χ2n) is 4.30. The van der Waals surface area contributed by atoms with Crippen molar-refractivity contribution in [3.63, 3.8) is 0 Å². The summed E-state index contributed by atoms with van der Waals surface area (Å²) in [6.07, 6.45) is 1.78. The second kappa shape index (κ2) is 5.75. The number of halogens is 1. The Kier molecular flexibility index (Phi) is 4.27. The van der Waals surface area contributed by atoms with E-state index in [2.05, 4.69) is 10.3 Å². The van der Waals surface area contributed by atoms with E-state index in [4.69, 9.17) is 16.0 Å². The number of aryl methyl sites for hydroxylation is 2. The lowest BCUT2D eigenvalue weighted by molar-refractivity contribution is 0.0911. The summed E-state index contributed by atoms with van der Waals surface area (Å²) in [6.45, 7) is 5.65. The number of nitrogens with zero attached hydrogens (tertiary/aromatic N) is 1. The standard InChI is InChI=1S/C13H15ClN2O2S/c1-7(12-6-15-9(3)19-12)16-13(17)11-4-10(5-14)8(2)18-11/h4,6-7H,5H2,1-3H3,(H,16,17). The summed E-state index contributed by atoms with van der Waals surface area (Å²) in [6, 6.07) is 1.59. The molecule has 0 aliphatic heterocycles. The summed E-state index contributed by atoms with van der Waals surface area (Å²) in [5.74, 6) is 1.08. The zero-order chi connectivity index (χ0) is 14.0. The number of rotatable bonds is 4. The largest absolute Gasteiger partial charge is 0.456 e. The fourth-order valence-corrected chi connectivity index (χ4v) is 2.73. The molecule has 0 aromatic carbocycles. The van der Waals surface area contributed by atoms with Crippen molar-refractivity contribution in [1.82, 2.24) is 10.3 Å². The van der Waals surface area contributed by atoms with E-state index in [1.165, 1.54) is 0 Å². The Morgan fingerprint density at radius 2 is 2.32 bits per heavy atom. The average molecular weight is 299 g/mol. The topological polar surface area (TPSA) is 55.1 Å². The van der Waals surface area contributed by atoms with Crippen molar-refractivity contribution in [3.8, 4) is 0 Å². The molecule has 0 radical (unpaired) electrons. The van der Waals surface area contributed by atoms with E-state index in [0.29, 0.717) is 17.4 Å². The molecule has 0 saturated heterocycles. The third-order valence-corrected chi connectivity index (χ3v) is 4.19. The molecule has 102 valence electrons. The number of carbonyl (C=O) groups is 1. The third kappa shape index (κ3) is 3.16. The van der Waals surface area contributed by atoms with E-state index in [1.54, 1.807) is 30.5 Å². The number of amides is 1. The van der Waals surface area contributed by atoms with Gasteiger partial charge in [0.2, 0.25) is 0 Å². The van der Waals surface area contributed by atoms with E-state index in [0.717, 1.165) is 15.4 Å². The molecular formula is C13H15ClN2O2S. The molecule has 2 rings (SSSR count). The Labute approximate surface area is 120 Å². The molecule has 0 saturated carbocycles. The van der Waals surface area contributed by atoms with Crippen LogP contribution in [0.1, 0.15) is 44.7 Å². The predicted molar refractivity (Wildman–Crippen MR) is 75.7 cm³/mol. The first-order valence-electron chi connectivity index (χ1n) is 5.89. The molecule has 4 nitrogen and oxygen atoms in total. The van der Waals surface area contributed by atoms with E-state index in [9.17, 15) is 4.79 Å². The first kappa shape index (κ1) is 14.1. The SMILES string of the molecule is Cc1ncc(C(C)NC(=O)c2cc(CCl)c(C)o2)s1. The lowest BCUT2D eigenvalue weighted by Crippen LogP contribution is -2.25. The molecule has 1 atom stereocenters. The molecule has 6 heteroatoms. The average Bonchev–Trinajstić information content (AvgIpc) is 2.95. The molecule has 0 aliphatic rings. The molecule has 19 heavy (non-hydrogen) atoms. The summed E-state index contributed by atoms with van der Waals surface area (Å²) in [7, 11) is 0. The Morgan fingerprint density at radius 3 is 2.84 bits per heavy atom. The number of hydrogen-bond acceptors (Lipinski definition) is 4. The monoisotopic (exact) mass is 298 g/mol. The molecule has 1 unspecified atom stereocenters. The second-order valence-corrected chi connectivity index (χ2v) is 5.84. The highest BCUT2D eigenvalue weighted by Gasteiger charge is 2.17. The van der Waals surface area contributed by atoms with Gasteiger partial charge in [-0.05, 0) is 26.8 Å². The van der Waals surface area contributed by atoms with Gasteiger partial charge in [0.1, 0.15) is 5.76 Å². The molecule has 0 fully saturated rings. The van der Waals surface area contributed by atoms with E-state index in [-0.39, 0.29) is 11.9 Å². The quantitative estimate of drug-likeness (QED) is 0.878. The number of aromatic nitrogens is 1. The van der Waals surface area contributed by atoms with Crippen LogP contribution in [-0.4, -0.2) is 10.9 Å². The van der Waals surface area contributed by atoms with Crippen LogP contribution in [0.2, 0.25) is 0 Å². The minimum absolute atomic E-state index is 0.0939. The van der Waals surface area contributed by atoms with Crippen molar-refractivity contribution in [2.75, 3.05) is 0 Å². The van der Waals surface area contributed by atoms with Gasteiger partial charge in [-0.15, -0.1) is 22.9 Å². The molecule has 2 aromatic heterocycles. The van der Waals surface area contributed by atoms with Crippen molar-refractivity contribution < 1.29 is 9.21 Å². The highest BCUT2D eigenvalue weighted by molar-refractivity contribution is 7.11. The minimum atomic E-state index is -0.238. The van der Waals surface area contributed by atoms with Gasteiger partial charge in [0.25, 0.3) is 5.91 Å².